The van der Waals surface area contributed by atoms with E-state index >= 15 is 0 Å². The van der Waals surface area contributed by atoms with Gasteiger partial charge in [0, 0.05) is 17.0 Å². The van der Waals surface area contributed by atoms with Gasteiger partial charge in [0.05, 0.1) is 11.5 Å². The summed E-state index contributed by atoms with van der Waals surface area (Å²) in [6.07, 6.45) is 3.19. The number of hydrogen-bond donors (Lipinski definition) is 1. The normalized spacial score (nSPS) is 18.7. The van der Waals surface area contributed by atoms with Gasteiger partial charge in [0.2, 0.25) is 0 Å². The lowest BCUT2D eigenvalue weighted by Crippen LogP contribution is -2.31. The summed E-state index contributed by atoms with van der Waals surface area (Å²) in [7, 11) is 0. The second-order valence-corrected chi connectivity index (χ2v) is 7.54. The average Bonchev–Trinajstić information content (AvgIpc) is 2.67. The maximum Gasteiger partial charge on any atom is 0.251 e. The highest BCUT2D eigenvalue weighted by molar-refractivity contribution is 5.80. The molecule has 0 bridgehead atoms. The van der Waals surface area contributed by atoms with Crippen molar-refractivity contribution in [1.82, 2.24) is 4.98 Å². The molecule has 2 unspecified atom stereocenters. The van der Waals surface area contributed by atoms with E-state index in [-0.39, 0.29) is 11.5 Å². The molecular weight excluding hydrogens is 320 g/mol. The number of nitriles is 1. The van der Waals surface area contributed by atoms with Crippen LogP contribution in [0.1, 0.15) is 47.9 Å². The maximum absolute atomic E-state index is 12.0. The van der Waals surface area contributed by atoms with Crippen molar-refractivity contribution >= 4 is 10.9 Å². The zero-order valence-electron chi connectivity index (χ0n) is 15.2. The predicted octanol–water partition coefficient (Wildman–Crippen LogP) is 4.74. The Kier molecular flexibility index (Phi) is 3.92. The molecule has 0 saturated heterocycles. The Labute approximate surface area is 153 Å². The standard InChI is InChI=1S/C23H22N2O/c1-15-12-17-10-11-18(13-21(17)25-22(15)26)23(2,14-24)20-9-5-7-16-6-3-4-8-19(16)20/h3-4,6,8,10-13,20H,5,7,9H2,1-2H3,(H,25,26). The molecule has 2 aromatic carbocycles. The largest absolute Gasteiger partial charge is 0.322 e. The van der Waals surface area contributed by atoms with Crippen LogP contribution < -0.4 is 5.56 Å². The molecule has 0 saturated carbocycles. The third-order valence-electron chi connectivity index (χ3n) is 5.93. The summed E-state index contributed by atoms with van der Waals surface area (Å²) in [5, 5.41) is 11.2. The molecule has 0 radical (unpaired) electrons. The molecule has 0 fully saturated rings. The molecule has 3 nitrogen and oxygen atoms in total. The van der Waals surface area contributed by atoms with E-state index in [9.17, 15) is 10.1 Å². The first-order chi connectivity index (χ1) is 12.5. The Hall–Kier alpha value is -2.86. The van der Waals surface area contributed by atoms with E-state index in [1.54, 1.807) is 0 Å². The Balaban J connectivity index is 1.87. The zero-order valence-corrected chi connectivity index (χ0v) is 15.2. The van der Waals surface area contributed by atoms with Crippen molar-refractivity contribution in [1.29, 1.82) is 5.26 Å². The SMILES string of the molecule is Cc1cc2ccc(C(C)(C#N)C3CCCc4ccccc43)cc2[nH]c1=O. The van der Waals surface area contributed by atoms with Crippen molar-refractivity contribution in [2.45, 2.75) is 44.4 Å². The maximum atomic E-state index is 12.0. The first-order valence-electron chi connectivity index (χ1n) is 9.16. The Morgan fingerprint density at radius 1 is 1.19 bits per heavy atom. The van der Waals surface area contributed by atoms with Gasteiger partial charge in [-0.1, -0.05) is 36.4 Å². The fourth-order valence-corrected chi connectivity index (χ4v) is 4.33. The molecule has 1 aliphatic carbocycles. The number of H-pyrrole nitrogens is 1. The average molecular weight is 342 g/mol. The summed E-state index contributed by atoms with van der Waals surface area (Å²) in [6, 6.07) is 19.0. The monoisotopic (exact) mass is 342 g/mol. The number of nitrogens with zero attached hydrogens (tertiary/aromatic N) is 1. The minimum atomic E-state index is -0.632. The molecule has 26 heavy (non-hydrogen) atoms. The van der Waals surface area contributed by atoms with Gasteiger partial charge in [-0.2, -0.15) is 5.26 Å². The van der Waals surface area contributed by atoms with Crippen LogP contribution in [-0.2, 0) is 11.8 Å². The smallest absolute Gasteiger partial charge is 0.251 e. The minimum absolute atomic E-state index is 0.0728. The van der Waals surface area contributed by atoms with E-state index in [0.29, 0.717) is 5.56 Å². The predicted molar refractivity (Wildman–Crippen MR) is 104 cm³/mol. The lowest BCUT2D eigenvalue weighted by molar-refractivity contribution is 0.414. The van der Waals surface area contributed by atoms with E-state index in [4.69, 9.17) is 0 Å². The third kappa shape index (κ3) is 2.54. The lowest BCUT2D eigenvalue weighted by atomic mass is 9.65. The zero-order chi connectivity index (χ0) is 18.3. The minimum Gasteiger partial charge on any atom is -0.322 e. The van der Waals surface area contributed by atoms with Gasteiger partial charge in [-0.25, -0.2) is 0 Å². The van der Waals surface area contributed by atoms with Gasteiger partial charge in [-0.05, 0) is 67.3 Å². The van der Waals surface area contributed by atoms with Gasteiger partial charge >= 0.3 is 0 Å². The number of rotatable bonds is 2. The highest BCUT2D eigenvalue weighted by atomic mass is 16.1. The molecular formula is C23H22N2O. The number of nitrogens with one attached hydrogen (secondary N) is 1. The van der Waals surface area contributed by atoms with Crippen LogP contribution in [0.4, 0.5) is 0 Å². The summed E-state index contributed by atoms with van der Waals surface area (Å²) in [5.41, 5.74) is 4.41. The summed E-state index contributed by atoms with van der Waals surface area (Å²) < 4.78 is 0. The van der Waals surface area contributed by atoms with Crippen LogP contribution in [0, 0.1) is 18.3 Å². The second kappa shape index (κ2) is 6.14. The summed E-state index contributed by atoms with van der Waals surface area (Å²) in [5.74, 6) is 0.159. The second-order valence-electron chi connectivity index (χ2n) is 7.54. The molecule has 1 aliphatic rings. The van der Waals surface area contributed by atoms with Crippen molar-refractivity contribution in [2.24, 2.45) is 0 Å². The van der Waals surface area contributed by atoms with Gasteiger partial charge in [0.15, 0.2) is 0 Å². The van der Waals surface area contributed by atoms with Crippen molar-refractivity contribution in [3.8, 4) is 6.07 Å². The molecule has 4 rings (SSSR count). The molecule has 130 valence electrons. The van der Waals surface area contributed by atoms with Crippen LogP contribution >= 0.6 is 0 Å². The van der Waals surface area contributed by atoms with Crippen LogP contribution in [0.5, 0.6) is 0 Å². The summed E-state index contributed by atoms with van der Waals surface area (Å²) in [6.45, 7) is 3.85. The fraction of sp³-hybridized carbons (Fsp3) is 0.304. The van der Waals surface area contributed by atoms with Gasteiger partial charge in [0.1, 0.15) is 0 Å². The van der Waals surface area contributed by atoms with E-state index in [2.05, 4.69) is 35.3 Å². The van der Waals surface area contributed by atoms with Crippen molar-refractivity contribution in [2.75, 3.05) is 0 Å². The van der Waals surface area contributed by atoms with Crippen LogP contribution in [0.15, 0.2) is 53.3 Å². The van der Waals surface area contributed by atoms with E-state index < -0.39 is 5.41 Å². The van der Waals surface area contributed by atoms with E-state index in [1.807, 2.05) is 38.1 Å². The molecule has 1 aromatic heterocycles. The number of hydrogen-bond acceptors (Lipinski definition) is 2. The topological polar surface area (TPSA) is 56.6 Å². The van der Waals surface area contributed by atoms with E-state index in [1.165, 1.54) is 11.1 Å². The Morgan fingerprint density at radius 2 is 2.00 bits per heavy atom. The number of fused-ring (bicyclic) bond motifs is 2. The lowest BCUT2D eigenvalue weighted by Gasteiger charge is -2.36. The molecule has 0 spiro atoms. The van der Waals surface area contributed by atoms with Gasteiger partial charge in [0.25, 0.3) is 5.56 Å². The highest BCUT2D eigenvalue weighted by Gasteiger charge is 2.39. The number of aromatic amines is 1. The van der Waals surface area contributed by atoms with Crippen LogP contribution in [0.2, 0.25) is 0 Å². The molecule has 1 heterocycles. The fourth-order valence-electron chi connectivity index (χ4n) is 4.33. The van der Waals surface area contributed by atoms with E-state index in [0.717, 1.165) is 35.7 Å². The molecule has 0 aliphatic heterocycles. The van der Waals surface area contributed by atoms with Crippen LogP contribution in [0.3, 0.4) is 0 Å². The number of benzene rings is 2. The highest BCUT2D eigenvalue weighted by Crippen LogP contribution is 2.45. The summed E-state index contributed by atoms with van der Waals surface area (Å²) >= 11 is 0. The third-order valence-corrected chi connectivity index (χ3v) is 5.93. The van der Waals surface area contributed by atoms with Gasteiger partial charge in [-0.3, -0.25) is 4.79 Å². The van der Waals surface area contributed by atoms with Crippen LogP contribution in [-0.4, -0.2) is 4.98 Å². The van der Waals surface area contributed by atoms with Gasteiger partial charge in [-0.15, -0.1) is 0 Å². The first-order valence-corrected chi connectivity index (χ1v) is 9.16. The van der Waals surface area contributed by atoms with Crippen molar-refractivity contribution in [3.63, 3.8) is 0 Å². The summed E-state index contributed by atoms with van der Waals surface area (Å²) in [4.78, 5) is 15.0. The van der Waals surface area contributed by atoms with Crippen LogP contribution in [0.25, 0.3) is 10.9 Å². The number of pyridine rings is 1. The van der Waals surface area contributed by atoms with Gasteiger partial charge < -0.3 is 4.98 Å². The molecule has 3 heteroatoms. The number of aromatic nitrogens is 1. The molecule has 3 aromatic rings. The number of aryl methyl sites for hydroxylation is 2. The van der Waals surface area contributed by atoms with Crippen molar-refractivity contribution < 1.29 is 0 Å². The molecule has 1 N–H and O–H groups in total. The van der Waals surface area contributed by atoms with Crippen molar-refractivity contribution in [3.05, 3.63) is 81.1 Å². The molecule has 2 atom stereocenters. The molecule has 0 amide bonds. The quantitative estimate of drug-likeness (QED) is 0.731. The Morgan fingerprint density at radius 3 is 2.81 bits per heavy atom. The first kappa shape index (κ1) is 16.6. The Bertz CT molecular complexity index is 1090.